The van der Waals surface area contributed by atoms with Gasteiger partial charge in [0.05, 0.1) is 18.1 Å². The first kappa shape index (κ1) is 19.8. The molecule has 0 unspecified atom stereocenters. The summed E-state index contributed by atoms with van der Waals surface area (Å²) in [6.45, 7) is 3.46. The van der Waals surface area contributed by atoms with Crippen molar-refractivity contribution in [1.82, 2.24) is 4.31 Å². The van der Waals surface area contributed by atoms with Gasteiger partial charge >= 0.3 is 5.97 Å². The van der Waals surface area contributed by atoms with Gasteiger partial charge in [-0.3, -0.25) is 0 Å². The van der Waals surface area contributed by atoms with Gasteiger partial charge in [0.15, 0.2) is 0 Å². The monoisotopic (exact) mass is 407 g/mol. The van der Waals surface area contributed by atoms with Gasteiger partial charge in [0.2, 0.25) is 10.0 Å². The topological polar surface area (TPSA) is 72.9 Å². The summed E-state index contributed by atoms with van der Waals surface area (Å²) in [5.74, 6) is -0.468. The standard InChI is InChI=1S/C19H21NO5S2/c1-15-7-12-26-18(15)5-6-19(21)25-14-16-3-2-4-17(13-16)27(22,23)20-8-10-24-11-9-20/h2-7,12-13H,8-11,14H2,1H3/b6-5+. The predicted octanol–water partition coefficient (Wildman–Crippen LogP) is 2.83. The Morgan fingerprint density at radius 1 is 1.30 bits per heavy atom. The van der Waals surface area contributed by atoms with Crippen molar-refractivity contribution in [1.29, 1.82) is 0 Å². The van der Waals surface area contributed by atoms with Gasteiger partial charge in [-0.1, -0.05) is 12.1 Å². The number of carbonyl (C=O) groups is 1. The second-order valence-corrected chi connectivity index (χ2v) is 8.96. The van der Waals surface area contributed by atoms with E-state index in [0.29, 0.717) is 31.9 Å². The van der Waals surface area contributed by atoms with Crippen molar-refractivity contribution >= 4 is 33.4 Å². The molecule has 6 nitrogen and oxygen atoms in total. The number of hydrogen-bond donors (Lipinski definition) is 0. The minimum Gasteiger partial charge on any atom is -0.458 e. The Hall–Kier alpha value is -2.00. The van der Waals surface area contributed by atoms with Crippen LogP contribution in [0.4, 0.5) is 0 Å². The van der Waals surface area contributed by atoms with Crippen molar-refractivity contribution in [3.63, 3.8) is 0 Å². The highest BCUT2D eigenvalue weighted by molar-refractivity contribution is 7.89. The third-order valence-electron chi connectivity index (χ3n) is 4.16. The number of nitrogens with zero attached hydrogens (tertiary/aromatic N) is 1. The molecule has 27 heavy (non-hydrogen) atoms. The van der Waals surface area contributed by atoms with Crippen LogP contribution in [0.15, 0.2) is 46.7 Å². The summed E-state index contributed by atoms with van der Waals surface area (Å²) in [5, 5.41) is 1.96. The van der Waals surface area contributed by atoms with E-state index in [0.717, 1.165) is 10.4 Å². The molecule has 0 N–H and O–H groups in total. The van der Waals surface area contributed by atoms with E-state index in [4.69, 9.17) is 9.47 Å². The van der Waals surface area contributed by atoms with Crippen LogP contribution in [-0.4, -0.2) is 45.0 Å². The molecule has 8 heteroatoms. The fourth-order valence-electron chi connectivity index (χ4n) is 2.63. The van der Waals surface area contributed by atoms with Crippen LogP contribution in [0.3, 0.4) is 0 Å². The summed E-state index contributed by atoms with van der Waals surface area (Å²) in [6, 6.07) is 8.47. The van der Waals surface area contributed by atoms with E-state index in [1.165, 1.54) is 10.4 Å². The van der Waals surface area contributed by atoms with Crippen LogP contribution in [0.1, 0.15) is 16.0 Å². The zero-order valence-electron chi connectivity index (χ0n) is 15.0. The van der Waals surface area contributed by atoms with Crippen LogP contribution in [0, 0.1) is 6.92 Å². The summed E-state index contributed by atoms with van der Waals surface area (Å²) >= 11 is 1.55. The van der Waals surface area contributed by atoms with Crippen molar-refractivity contribution in [3.05, 3.63) is 57.8 Å². The number of rotatable bonds is 6. The quantitative estimate of drug-likeness (QED) is 0.544. The van der Waals surface area contributed by atoms with E-state index >= 15 is 0 Å². The molecule has 2 heterocycles. The van der Waals surface area contributed by atoms with Crippen molar-refractivity contribution < 1.29 is 22.7 Å². The highest BCUT2D eigenvalue weighted by Gasteiger charge is 2.26. The first-order valence-corrected chi connectivity index (χ1v) is 10.8. The number of morpholine rings is 1. The molecule has 1 fully saturated rings. The number of esters is 1. The lowest BCUT2D eigenvalue weighted by Gasteiger charge is -2.26. The maximum Gasteiger partial charge on any atom is 0.331 e. The second-order valence-electron chi connectivity index (χ2n) is 6.07. The molecule has 1 aromatic heterocycles. The Labute approximate surface area is 163 Å². The highest BCUT2D eigenvalue weighted by Crippen LogP contribution is 2.19. The highest BCUT2D eigenvalue weighted by atomic mass is 32.2. The average molecular weight is 408 g/mol. The van der Waals surface area contributed by atoms with Crippen molar-refractivity contribution in [2.75, 3.05) is 26.3 Å². The Morgan fingerprint density at radius 3 is 2.78 bits per heavy atom. The molecule has 1 aromatic carbocycles. The molecular formula is C19H21NO5S2. The van der Waals surface area contributed by atoms with Gasteiger partial charge in [-0.25, -0.2) is 13.2 Å². The minimum absolute atomic E-state index is 0.0130. The van der Waals surface area contributed by atoms with Gasteiger partial charge in [-0.15, -0.1) is 11.3 Å². The number of thiophene rings is 1. The molecule has 0 bridgehead atoms. The fourth-order valence-corrected chi connectivity index (χ4v) is 4.93. The fraction of sp³-hybridized carbons (Fsp3) is 0.316. The molecule has 1 aliphatic rings. The average Bonchev–Trinajstić information content (AvgIpc) is 3.10. The van der Waals surface area contributed by atoms with Crippen LogP contribution in [-0.2, 0) is 30.9 Å². The maximum atomic E-state index is 12.7. The molecule has 2 aromatic rings. The largest absolute Gasteiger partial charge is 0.458 e. The van der Waals surface area contributed by atoms with E-state index in [-0.39, 0.29) is 11.5 Å². The van der Waals surface area contributed by atoms with Crippen LogP contribution >= 0.6 is 11.3 Å². The van der Waals surface area contributed by atoms with E-state index in [1.807, 2.05) is 18.4 Å². The molecule has 1 saturated heterocycles. The lowest BCUT2D eigenvalue weighted by atomic mass is 10.2. The number of hydrogen-bond acceptors (Lipinski definition) is 6. The van der Waals surface area contributed by atoms with Crippen LogP contribution < -0.4 is 0 Å². The third-order valence-corrected chi connectivity index (χ3v) is 7.04. The molecule has 0 atom stereocenters. The number of ether oxygens (including phenoxy) is 2. The zero-order valence-corrected chi connectivity index (χ0v) is 16.6. The summed E-state index contributed by atoms with van der Waals surface area (Å²) in [4.78, 5) is 13.1. The van der Waals surface area contributed by atoms with Crippen LogP contribution in [0.25, 0.3) is 6.08 Å². The van der Waals surface area contributed by atoms with E-state index in [2.05, 4.69) is 0 Å². The third kappa shape index (κ3) is 5.04. The van der Waals surface area contributed by atoms with Gasteiger partial charge in [-0.05, 0) is 47.7 Å². The van der Waals surface area contributed by atoms with E-state index < -0.39 is 16.0 Å². The molecule has 0 aliphatic carbocycles. The Balaban J connectivity index is 1.63. The van der Waals surface area contributed by atoms with Gasteiger partial charge in [0.1, 0.15) is 6.61 Å². The maximum absolute atomic E-state index is 12.7. The SMILES string of the molecule is Cc1ccsc1/C=C/C(=O)OCc1cccc(S(=O)(=O)N2CCOCC2)c1. The first-order valence-electron chi connectivity index (χ1n) is 8.52. The van der Waals surface area contributed by atoms with Gasteiger partial charge < -0.3 is 9.47 Å². The summed E-state index contributed by atoms with van der Waals surface area (Å²) in [6.07, 6.45) is 3.11. The second kappa shape index (κ2) is 8.79. The van der Waals surface area contributed by atoms with Crippen LogP contribution in [0.5, 0.6) is 0 Å². The molecule has 144 valence electrons. The molecule has 0 amide bonds. The Kier molecular flexibility index (Phi) is 6.43. The molecule has 0 saturated carbocycles. The lowest BCUT2D eigenvalue weighted by Crippen LogP contribution is -2.40. The normalized spacial score (nSPS) is 15.9. The Morgan fingerprint density at radius 2 is 2.07 bits per heavy atom. The number of carbonyl (C=O) groups excluding carboxylic acids is 1. The summed E-state index contributed by atoms with van der Waals surface area (Å²) in [5.41, 5.74) is 1.73. The summed E-state index contributed by atoms with van der Waals surface area (Å²) < 4.78 is 37.2. The van der Waals surface area contributed by atoms with Crippen molar-refractivity contribution in [2.24, 2.45) is 0 Å². The van der Waals surface area contributed by atoms with Gasteiger partial charge in [0, 0.05) is 24.0 Å². The predicted molar refractivity (Wildman–Crippen MR) is 104 cm³/mol. The number of aryl methyl sites for hydroxylation is 1. The number of sulfonamides is 1. The van der Waals surface area contributed by atoms with Gasteiger partial charge in [0.25, 0.3) is 0 Å². The molecule has 0 spiro atoms. The molecule has 0 radical (unpaired) electrons. The minimum atomic E-state index is -3.57. The first-order chi connectivity index (χ1) is 13.0. The smallest absolute Gasteiger partial charge is 0.331 e. The van der Waals surface area contributed by atoms with Gasteiger partial charge in [-0.2, -0.15) is 4.31 Å². The molecule has 1 aliphatic heterocycles. The number of benzene rings is 1. The van der Waals surface area contributed by atoms with Crippen molar-refractivity contribution in [3.8, 4) is 0 Å². The molecular weight excluding hydrogens is 386 g/mol. The summed E-state index contributed by atoms with van der Waals surface area (Å²) in [7, 11) is -3.57. The molecule has 3 rings (SSSR count). The van der Waals surface area contributed by atoms with E-state index in [1.54, 1.807) is 41.7 Å². The lowest BCUT2D eigenvalue weighted by molar-refractivity contribution is -0.138. The van der Waals surface area contributed by atoms with E-state index in [9.17, 15) is 13.2 Å². The van der Waals surface area contributed by atoms with Crippen LogP contribution in [0.2, 0.25) is 0 Å². The Bertz CT molecular complexity index is 927. The van der Waals surface area contributed by atoms with Crippen molar-refractivity contribution in [2.45, 2.75) is 18.4 Å². The zero-order chi connectivity index (χ0) is 19.3.